The van der Waals surface area contributed by atoms with Gasteiger partial charge in [0.2, 0.25) is 0 Å². The first-order valence-corrected chi connectivity index (χ1v) is 5.71. The Morgan fingerprint density at radius 3 is 3.14 bits per heavy atom. The number of rotatable bonds is 2. The number of halogens is 2. The summed E-state index contributed by atoms with van der Waals surface area (Å²) in [4.78, 5) is 8.34. The Bertz CT molecular complexity index is 329. The summed E-state index contributed by atoms with van der Waals surface area (Å²) in [7, 11) is 0. The number of hydrogen-bond donors (Lipinski definition) is 0. The highest BCUT2D eigenvalue weighted by atomic mass is 79.9. The quantitative estimate of drug-likeness (QED) is 0.780. The molecule has 76 valence electrons. The van der Waals surface area contributed by atoms with Crippen molar-refractivity contribution < 1.29 is 4.74 Å². The number of hydrogen-bond acceptors (Lipinski definition) is 3. The van der Waals surface area contributed by atoms with Gasteiger partial charge in [0.25, 0.3) is 0 Å². The van der Waals surface area contributed by atoms with Crippen LogP contribution in [0.3, 0.4) is 0 Å². The molecule has 0 amide bonds. The number of nitrogens with zero attached hydrogens (tertiary/aromatic N) is 2. The molecule has 0 saturated carbocycles. The molecule has 2 heterocycles. The van der Waals surface area contributed by atoms with E-state index in [0.717, 1.165) is 36.2 Å². The fraction of sp³-hybridized carbons (Fsp3) is 0.556. The molecule has 1 saturated heterocycles. The lowest BCUT2D eigenvalue weighted by Crippen LogP contribution is -2.11. The van der Waals surface area contributed by atoms with Crippen LogP contribution in [0.15, 0.2) is 10.7 Å². The van der Waals surface area contributed by atoms with Gasteiger partial charge in [-0.1, -0.05) is 11.6 Å². The van der Waals surface area contributed by atoms with Crippen LogP contribution in [0.4, 0.5) is 0 Å². The molecular weight excluding hydrogens is 267 g/mol. The molecule has 14 heavy (non-hydrogen) atoms. The molecule has 1 aromatic rings. The molecule has 0 radical (unpaired) electrons. The maximum Gasteiger partial charge on any atom is 0.146 e. The third-order valence-electron chi connectivity index (χ3n) is 2.19. The molecule has 0 N–H and O–H groups in total. The molecule has 0 aliphatic carbocycles. The lowest BCUT2D eigenvalue weighted by molar-refractivity contribution is 0.110. The molecular formula is C9H10BrClN2O. The van der Waals surface area contributed by atoms with E-state index in [2.05, 4.69) is 25.9 Å². The van der Waals surface area contributed by atoms with Crippen LogP contribution in [-0.2, 0) is 11.2 Å². The lowest BCUT2D eigenvalue weighted by atomic mass is 10.2. The van der Waals surface area contributed by atoms with Gasteiger partial charge in [-0.2, -0.15) is 0 Å². The van der Waals surface area contributed by atoms with E-state index in [9.17, 15) is 0 Å². The number of ether oxygens (including phenoxy) is 1. The number of aromatic nitrogens is 2. The van der Waals surface area contributed by atoms with Crippen LogP contribution in [-0.4, -0.2) is 22.7 Å². The van der Waals surface area contributed by atoms with E-state index in [1.54, 1.807) is 6.20 Å². The summed E-state index contributed by atoms with van der Waals surface area (Å²) >= 11 is 9.11. The summed E-state index contributed by atoms with van der Waals surface area (Å²) in [5, 5.41) is 0.466. The van der Waals surface area contributed by atoms with E-state index in [-0.39, 0.29) is 6.10 Å². The van der Waals surface area contributed by atoms with Crippen LogP contribution in [0.5, 0.6) is 0 Å². The second kappa shape index (κ2) is 4.55. The fourth-order valence-corrected chi connectivity index (χ4v) is 1.82. The topological polar surface area (TPSA) is 35.0 Å². The zero-order valence-electron chi connectivity index (χ0n) is 7.54. The van der Waals surface area contributed by atoms with Crippen LogP contribution >= 0.6 is 27.5 Å². The first-order valence-electron chi connectivity index (χ1n) is 4.54. The maximum atomic E-state index is 5.86. The highest BCUT2D eigenvalue weighted by molar-refractivity contribution is 9.10. The van der Waals surface area contributed by atoms with Crippen molar-refractivity contribution >= 4 is 27.5 Å². The minimum absolute atomic E-state index is 0.271. The van der Waals surface area contributed by atoms with Crippen molar-refractivity contribution in [2.75, 3.05) is 6.61 Å². The van der Waals surface area contributed by atoms with Crippen molar-refractivity contribution in [2.45, 2.75) is 25.4 Å². The largest absolute Gasteiger partial charge is 0.378 e. The summed E-state index contributed by atoms with van der Waals surface area (Å²) in [6.45, 7) is 0.856. The van der Waals surface area contributed by atoms with Crippen LogP contribution in [0.1, 0.15) is 18.7 Å². The third-order valence-corrected chi connectivity index (χ3v) is 3.28. The molecule has 5 heteroatoms. The van der Waals surface area contributed by atoms with Gasteiger partial charge in [-0.05, 0) is 28.8 Å². The Kier molecular flexibility index (Phi) is 3.36. The summed E-state index contributed by atoms with van der Waals surface area (Å²) in [5.41, 5.74) is 0. The Labute approximate surface area is 96.0 Å². The zero-order valence-corrected chi connectivity index (χ0v) is 9.88. The van der Waals surface area contributed by atoms with Gasteiger partial charge < -0.3 is 4.74 Å². The van der Waals surface area contributed by atoms with Gasteiger partial charge in [0.05, 0.1) is 10.6 Å². The molecule has 0 spiro atoms. The Morgan fingerprint density at radius 1 is 1.64 bits per heavy atom. The van der Waals surface area contributed by atoms with E-state index in [1.807, 2.05) is 0 Å². The van der Waals surface area contributed by atoms with E-state index in [4.69, 9.17) is 16.3 Å². The normalized spacial score (nSPS) is 21.4. The van der Waals surface area contributed by atoms with Crippen LogP contribution in [0.25, 0.3) is 0 Å². The monoisotopic (exact) mass is 276 g/mol. The van der Waals surface area contributed by atoms with E-state index in [0.29, 0.717) is 5.15 Å². The van der Waals surface area contributed by atoms with Gasteiger partial charge in [0.1, 0.15) is 11.0 Å². The zero-order chi connectivity index (χ0) is 9.97. The van der Waals surface area contributed by atoms with Crippen molar-refractivity contribution in [3.63, 3.8) is 0 Å². The van der Waals surface area contributed by atoms with Crippen LogP contribution in [0.2, 0.25) is 5.15 Å². The molecule has 1 atom stereocenters. The summed E-state index contributed by atoms with van der Waals surface area (Å²) in [6, 6.07) is 0. The predicted octanol–water partition coefficient (Wildman–Crippen LogP) is 2.61. The van der Waals surface area contributed by atoms with Gasteiger partial charge in [0.15, 0.2) is 0 Å². The molecule has 1 fully saturated rings. The van der Waals surface area contributed by atoms with E-state index < -0.39 is 0 Å². The molecule has 0 bridgehead atoms. The first-order chi connectivity index (χ1) is 6.75. The highest BCUT2D eigenvalue weighted by Crippen LogP contribution is 2.20. The molecule has 1 aliphatic heterocycles. The van der Waals surface area contributed by atoms with Crippen molar-refractivity contribution in [1.82, 2.24) is 9.97 Å². The average molecular weight is 278 g/mol. The highest BCUT2D eigenvalue weighted by Gasteiger charge is 2.17. The van der Waals surface area contributed by atoms with Gasteiger partial charge in [0, 0.05) is 19.2 Å². The summed E-state index contributed by atoms with van der Waals surface area (Å²) in [6.07, 6.45) is 4.94. The van der Waals surface area contributed by atoms with Crippen LogP contribution < -0.4 is 0 Å². The molecule has 2 rings (SSSR count). The van der Waals surface area contributed by atoms with Gasteiger partial charge in [-0.25, -0.2) is 9.97 Å². The van der Waals surface area contributed by atoms with Gasteiger partial charge in [-0.3, -0.25) is 0 Å². The average Bonchev–Trinajstić information content (AvgIpc) is 2.64. The summed E-state index contributed by atoms with van der Waals surface area (Å²) < 4.78 is 6.22. The molecule has 1 aromatic heterocycles. The Balaban J connectivity index is 2.05. The second-order valence-electron chi connectivity index (χ2n) is 3.26. The Hall–Kier alpha value is -0.190. The van der Waals surface area contributed by atoms with Gasteiger partial charge in [-0.15, -0.1) is 0 Å². The molecule has 0 aromatic carbocycles. The Morgan fingerprint density at radius 2 is 2.50 bits per heavy atom. The smallest absolute Gasteiger partial charge is 0.146 e. The fourth-order valence-electron chi connectivity index (χ4n) is 1.49. The first kappa shape index (κ1) is 10.3. The molecule has 3 nitrogen and oxygen atoms in total. The van der Waals surface area contributed by atoms with Crippen molar-refractivity contribution in [2.24, 2.45) is 0 Å². The van der Waals surface area contributed by atoms with Gasteiger partial charge >= 0.3 is 0 Å². The third kappa shape index (κ3) is 2.43. The standard InChI is InChI=1S/C9H10BrClN2O/c10-7-5-12-8(13-9(7)11)4-6-2-1-3-14-6/h5-6H,1-4H2. The predicted molar refractivity (Wildman–Crippen MR) is 57.4 cm³/mol. The minimum Gasteiger partial charge on any atom is -0.378 e. The SMILES string of the molecule is Clc1nc(CC2CCCO2)ncc1Br. The summed E-state index contributed by atoms with van der Waals surface area (Å²) in [5.74, 6) is 0.755. The van der Waals surface area contributed by atoms with Crippen molar-refractivity contribution in [1.29, 1.82) is 0 Å². The van der Waals surface area contributed by atoms with E-state index in [1.165, 1.54) is 0 Å². The minimum atomic E-state index is 0.271. The lowest BCUT2D eigenvalue weighted by Gasteiger charge is -2.07. The second-order valence-corrected chi connectivity index (χ2v) is 4.48. The van der Waals surface area contributed by atoms with Crippen molar-refractivity contribution in [3.05, 3.63) is 21.6 Å². The van der Waals surface area contributed by atoms with E-state index >= 15 is 0 Å². The van der Waals surface area contributed by atoms with Crippen molar-refractivity contribution in [3.8, 4) is 0 Å². The molecule has 1 aliphatic rings. The van der Waals surface area contributed by atoms with Crippen LogP contribution in [0, 0.1) is 0 Å². The maximum absolute atomic E-state index is 5.86. The molecule has 1 unspecified atom stereocenters.